The van der Waals surface area contributed by atoms with Crippen molar-refractivity contribution in [2.45, 2.75) is 143 Å². The van der Waals surface area contributed by atoms with Crippen LogP contribution >= 0.6 is 11.3 Å². The minimum Gasteiger partial charge on any atom is -0.396 e. The monoisotopic (exact) mass is 840 g/mol. The molecule has 11 nitrogen and oxygen atoms in total. The summed E-state index contributed by atoms with van der Waals surface area (Å²) in [5.41, 5.74) is 1.42. The molecule has 1 saturated heterocycles. The second-order valence-electron chi connectivity index (χ2n) is 17.5. The fourth-order valence-electron chi connectivity index (χ4n) is 8.53. The molecule has 1 aliphatic rings. The van der Waals surface area contributed by atoms with Crippen molar-refractivity contribution < 1.29 is 38.6 Å². The Bertz CT molecular complexity index is 1650. The highest BCUT2D eigenvalue weighted by Gasteiger charge is 2.43. The molecule has 9 atom stereocenters. The van der Waals surface area contributed by atoms with Crippen LogP contribution in [0.3, 0.4) is 0 Å². The van der Waals surface area contributed by atoms with E-state index in [4.69, 9.17) is 9.47 Å². The van der Waals surface area contributed by atoms with Crippen molar-refractivity contribution in [3.05, 3.63) is 52.0 Å². The van der Waals surface area contributed by atoms with Crippen molar-refractivity contribution >= 4 is 40.5 Å². The van der Waals surface area contributed by atoms with Crippen LogP contribution in [0.4, 0.5) is 0 Å². The van der Waals surface area contributed by atoms with E-state index in [0.717, 1.165) is 23.4 Å². The van der Waals surface area contributed by atoms with Crippen LogP contribution in [0.5, 0.6) is 0 Å². The second-order valence-corrected chi connectivity index (χ2v) is 18.4. The maximum atomic E-state index is 14.4. The van der Waals surface area contributed by atoms with E-state index in [0.29, 0.717) is 31.5 Å². The molecule has 2 amide bonds. The number of thiazole rings is 1. The third kappa shape index (κ3) is 13.6. The minimum absolute atomic E-state index is 0.00634. The van der Waals surface area contributed by atoms with Crippen molar-refractivity contribution in [3.63, 3.8) is 0 Å². The first-order valence-corrected chi connectivity index (χ1v) is 22.7. The van der Waals surface area contributed by atoms with Gasteiger partial charge in [-0.05, 0) is 49.0 Å². The third-order valence-corrected chi connectivity index (χ3v) is 13.9. The van der Waals surface area contributed by atoms with E-state index in [2.05, 4.69) is 18.8 Å². The number of hydrogen-bond donors (Lipinski definition) is 1. The lowest BCUT2D eigenvalue weighted by Gasteiger charge is -2.41. The summed E-state index contributed by atoms with van der Waals surface area (Å²) in [5.74, 6) is -1.55. The molecule has 0 radical (unpaired) electrons. The Kier molecular flexibility index (Phi) is 20.5. The molecule has 330 valence electrons. The number of aliphatic hydroxyl groups excluding tert-OH is 1. The lowest BCUT2D eigenvalue weighted by atomic mass is 9.82. The highest BCUT2D eigenvalue weighted by Crippen LogP contribution is 2.34. The summed E-state index contributed by atoms with van der Waals surface area (Å²) in [6.45, 7) is 16.4. The molecule has 2 aromatic rings. The van der Waals surface area contributed by atoms with Gasteiger partial charge in [-0.25, -0.2) is 4.98 Å². The first-order chi connectivity index (χ1) is 28.0. The summed E-state index contributed by atoms with van der Waals surface area (Å²) in [5, 5.41) is 11.7. The van der Waals surface area contributed by atoms with Gasteiger partial charge in [-0.3, -0.25) is 24.0 Å². The van der Waals surface area contributed by atoms with Crippen LogP contribution in [0.2, 0.25) is 0 Å². The summed E-state index contributed by atoms with van der Waals surface area (Å²) in [7, 11) is 4.96. The number of carbonyl (C=O) groups is 5. The highest BCUT2D eigenvalue weighted by atomic mass is 32.1. The zero-order valence-electron chi connectivity index (χ0n) is 37.6. The van der Waals surface area contributed by atoms with Crippen LogP contribution in [-0.4, -0.2) is 108 Å². The van der Waals surface area contributed by atoms with Crippen LogP contribution in [0.15, 0.2) is 35.7 Å². The van der Waals surface area contributed by atoms with E-state index in [1.54, 1.807) is 31.5 Å². The van der Waals surface area contributed by atoms with Gasteiger partial charge >= 0.3 is 0 Å². The van der Waals surface area contributed by atoms with Crippen LogP contribution in [-0.2, 0) is 35.1 Å². The van der Waals surface area contributed by atoms with Gasteiger partial charge in [0.05, 0.1) is 35.7 Å². The van der Waals surface area contributed by atoms with Gasteiger partial charge in [0, 0.05) is 82.7 Å². The number of rotatable bonds is 26. The predicted octanol–water partition coefficient (Wildman–Crippen LogP) is 7.83. The summed E-state index contributed by atoms with van der Waals surface area (Å²) >= 11 is 1.38. The normalized spacial score (nSPS) is 18.5. The molecule has 0 saturated carbocycles. The Balaban J connectivity index is 1.82. The Hall–Kier alpha value is -3.32. The molecule has 0 aliphatic carbocycles. The Morgan fingerprint density at radius 3 is 2.15 bits per heavy atom. The summed E-state index contributed by atoms with van der Waals surface area (Å²) in [6.07, 6.45) is 2.64. The molecule has 0 spiro atoms. The largest absolute Gasteiger partial charge is 0.396 e. The molecular formula is C47H73N3O8S. The van der Waals surface area contributed by atoms with Gasteiger partial charge in [-0.1, -0.05) is 92.1 Å². The molecule has 1 aromatic carbocycles. The van der Waals surface area contributed by atoms with Crippen LogP contribution < -0.4 is 0 Å². The molecule has 0 bridgehead atoms. The fourth-order valence-corrected chi connectivity index (χ4v) is 9.46. The number of Topliss-reactive ketones (excluding diaryl/α,β-unsaturated/α-hetero) is 3. The SMILES string of the molecule is CC[C@H](C)[C@@H]([C@@H](CC(=O)N1CCC[C@H]1[C@H](OC)[C@@H](C)C(=O)C[C@@H](Cc1ccccc1)c1nc(C(=O)CCCO)cs1)OC)N(C)C(=O)[C@@H](CC(=O)[C@@H](C)C(C)C)C(C)C. The zero-order valence-corrected chi connectivity index (χ0v) is 38.5. The number of methoxy groups -OCH3 is 2. The number of hydrogen-bond acceptors (Lipinski definition) is 10. The molecule has 1 fully saturated rings. The zero-order chi connectivity index (χ0) is 44.0. The number of benzene rings is 1. The van der Waals surface area contributed by atoms with Crippen molar-refractivity contribution in [1.29, 1.82) is 0 Å². The van der Waals surface area contributed by atoms with Crippen molar-refractivity contribution in [2.24, 2.45) is 35.5 Å². The van der Waals surface area contributed by atoms with E-state index in [1.165, 1.54) is 11.3 Å². The van der Waals surface area contributed by atoms with Gasteiger partial charge < -0.3 is 24.4 Å². The van der Waals surface area contributed by atoms with Gasteiger partial charge in [-0.15, -0.1) is 11.3 Å². The van der Waals surface area contributed by atoms with Gasteiger partial charge in [0.15, 0.2) is 5.78 Å². The summed E-state index contributed by atoms with van der Waals surface area (Å²) in [6, 6.07) is 9.18. The molecule has 59 heavy (non-hydrogen) atoms. The molecule has 0 unspecified atom stereocenters. The second kappa shape index (κ2) is 24.2. The first kappa shape index (κ1) is 50.0. The van der Waals surface area contributed by atoms with Gasteiger partial charge in [-0.2, -0.15) is 0 Å². The molecule has 12 heteroatoms. The maximum absolute atomic E-state index is 14.4. The number of amides is 2. The Morgan fingerprint density at radius 2 is 1.58 bits per heavy atom. The van der Waals surface area contributed by atoms with E-state index < -0.39 is 30.1 Å². The number of aromatic nitrogens is 1. The summed E-state index contributed by atoms with van der Waals surface area (Å²) in [4.78, 5) is 77.1. The van der Waals surface area contributed by atoms with Gasteiger partial charge in [0.1, 0.15) is 17.3 Å². The van der Waals surface area contributed by atoms with Crippen molar-refractivity contribution in [3.8, 4) is 0 Å². The smallest absolute Gasteiger partial charge is 0.226 e. The van der Waals surface area contributed by atoms with E-state index in [-0.39, 0.29) is 97.1 Å². The van der Waals surface area contributed by atoms with E-state index in [9.17, 15) is 29.1 Å². The third-order valence-electron chi connectivity index (χ3n) is 12.9. The predicted molar refractivity (Wildman–Crippen MR) is 233 cm³/mol. The number of likely N-dealkylation sites (tertiary alicyclic amines) is 1. The average molecular weight is 840 g/mol. The molecule has 3 rings (SSSR count). The number of ketones is 3. The van der Waals surface area contributed by atoms with Crippen LogP contribution in [0.1, 0.15) is 134 Å². The van der Waals surface area contributed by atoms with Gasteiger partial charge in [0.25, 0.3) is 0 Å². The lowest BCUT2D eigenvalue weighted by Crippen LogP contribution is -2.54. The molecule has 1 aromatic heterocycles. The highest BCUT2D eigenvalue weighted by molar-refractivity contribution is 7.10. The lowest BCUT2D eigenvalue weighted by molar-refractivity contribution is -0.149. The number of aliphatic hydroxyl groups is 1. The summed E-state index contributed by atoms with van der Waals surface area (Å²) < 4.78 is 12.2. The number of likely N-dealkylation sites (N-methyl/N-ethyl adjacent to an activating group) is 1. The molecule has 1 aliphatic heterocycles. The molecule has 2 heterocycles. The maximum Gasteiger partial charge on any atom is 0.226 e. The topological polar surface area (TPSA) is 143 Å². The average Bonchev–Trinajstić information content (AvgIpc) is 3.92. The number of nitrogens with zero attached hydrogens (tertiary/aromatic N) is 3. The number of carbonyl (C=O) groups excluding carboxylic acids is 5. The molecule has 1 N–H and O–H groups in total. The van der Waals surface area contributed by atoms with Crippen molar-refractivity contribution in [2.75, 3.05) is 34.4 Å². The number of ether oxygens (including phenoxy) is 2. The first-order valence-electron chi connectivity index (χ1n) is 21.8. The minimum atomic E-state index is -0.594. The molecular weight excluding hydrogens is 767 g/mol. The van der Waals surface area contributed by atoms with Crippen LogP contribution in [0, 0.1) is 35.5 Å². The van der Waals surface area contributed by atoms with Gasteiger partial charge in [0.2, 0.25) is 11.8 Å². The van der Waals surface area contributed by atoms with E-state index in [1.807, 2.05) is 76.8 Å². The van der Waals surface area contributed by atoms with E-state index >= 15 is 0 Å². The Morgan fingerprint density at radius 1 is 0.915 bits per heavy atom. The standard InChI is InChI=1S/C47H73N3O8S/c1-12-31(6)44(49(9)47(56)36(30(4)5)26-41(54)32(7)29(2)3)42(57-10)27-43(55)50-22-16-20-38(50)45(58-11)33(8)40(53)25-35(24-34-18-14-13-15-19-34)46-48-37(28-59-46)39(52)21-17-23-51/h13-15,18-19,28-33,35-36,38,42,44-45,51H,12,16-17,20-27H2,1-11H3/t31-,32-,33-,35+,36-,38-,42+,44-,45+/m0/s1. The fraction of sp³-hybridized carbons (Fsp3) is 0.702. The Labute approximate surface area is 358 Å². The quantitative estimate of drug-likeness (QED) is 0.0938. The van der Waals surface area contributed by atoms with Crippen molar-refractivity contribution in [1.82, 2.24) is 14.8 Å². The van der Waals surface area contributed by atoms with Crippen LogP contribution in [0.25, 0.3) is 0 Å².